The smallest absolute Gasteiger partial charge is 0.0827 e. The molecule has 4 atom stereocenters. The molecule has 0 bridgehead atoms. The van der Waals surface area contributed by atoms with Crippen LogP contribution in [0, 0.1) is 17.8 Å². The first-order chi connectivity index (χ1) is 8.88. The lowest BCUT2D eigenvalue weighted by Gasteiger charge is -2.40. The van der Waals surface area contributed by atoms with Crippen LogP contribution in [0.1, 0.15) is 12.8 Å². The number of rotatable bonds is 2. The molecule has 3 rings (SSSR count). The Bertz CT molecular complexity index is 439. The Morgan fingerprint density at radius 3 is 3.06 bits per heavy atom. The van der Waals surface area contributed by atoms with E-state index in [1.807, 2.05) is 6.08 Å². The molecule has 0 spiro atoms. The van der Waals surface area contributed by atoms with Crippen molar-refractivity contribution in [1.82, 2.24) is 0 Å². The average molecular weight is 240 g/mol. The zero-order chi connectivity index (χ0) is 12.4. The standard InChI is InChI=1S/C17H20O/c1-2-6-13-7-5-8-14-12-18-17-10-4-3-9-15(17)16(14)11-13/h2-5,7,9-11,14-17H,1,6,8,12H2. The fourth-order valence-electron chi connectivity index (χ4n) is 3.25. The van der Waals surface area contributed by atoms with E-state index in [1.54, 1.807) is 0 Å². The van der Waals surface area contributed by atoms with Crippen LogP contribution in [0.15, 0.2) is 60.8 Å². The molecule has 1 heteroatoms. The van der Waals surface area contributed by atoms with Crippen LogP contribution in [0.5, 0.6) is 0 Å². The van der Waals surface area contributed by atoms with Crippen LogP contribution in [0.4, 0.5) is 0 Å². The van der Waals surface area contributed by atoms with E-state index in [0.29, 0.717) is 17.8 Å². The van der Waals surface area contributed by atoms with Crippen molar-refractivity contribution in [3.63, 3.8) is 0 Å². The molecule has 0 N–H and O–H groups in total. The quantitative estimate of drug-likeness (QED) is 0.667. The molecule has 18 heavy (non-hydrogen) atoms. The summed E-state index contributed by atoms with van der Waals surface area (Å²) < 4.78 is 5.98. The van der Waals surface area contributed by atoms with Gasteiger partial charge in [-0.3, -0.25) is 0 Å². The predicted octanol–water partition coefficient (Wildman–Crippen LogP) is 3.82. The minimum absolute atomic E-state index is 0.274. The van der Waals surface area contributed by atoms with Crippen molar-refractivity contribution in [2.75, 3.05) is 6.61 Å². The first-order valence-electron chi connectivity index (χ1n) is 6.83. The molecule has 2 aliphatic carbocycles. The lowest BCUT2D eigenvalue weighted by atomic mass is 9.74. The molecule has 0 aromatic heterocycles. The second-order valence-electron chi connectivity index (χ2n) is 5.35. The monoisotopic (exact) mass is 240 g/mol. The maximum Gasteiger partial charge on any atom is 0.0827 e. The van der Waals surface area contributed by atoms with Gasteiger partial charge in [0.2, 0.25) is 0 Å². The van der Waals surface area contributed by atoms with E-state index in [9.17, 15) is 0 Å². The van der Waals surface area contributed by atoms with Crippen molar-refractivity contribution >= 4 is 0 Å². The Balaban J connectivity index is 1.89. The average Bonchev–Trinajstić information content (AvgIpc) is 2.61. The Morgan fingerprint density at radius 2 is 2.17 bits per heavy atom. The van der Waals surface area contributed by atoms with Crippen molar-refractivity contribution in [2.24, 2.45) is 17.8 Å². The van der Waals surface area contributed by atoms with Crippen LogP contribution in [0.25, 0.3) is 0 Å². The summed E-state index contributed by atoms with van der Waals surface area (Å²) in [5, 5.41) is 0. The van der Waals surface area contributed by atoms with Crippen LogP contribution in [-0.4, -0.2) is 12.7 Å². The molecule has 1 aliphatic heterocycles. The summed E-state index contributed by atoms with van der Waals surface area (Å²) in [7, 11) is 0. The van der Waals surface area contributed by atoms with Gasteiger partial charge in [-0.15, -0.1) is 6.58 Å². The van der Waals surface area contributed by atoms with Gasteiger partial charge in [0, 0.05) is 5.92 Å². The van der Waals surface area contributed by atoms with Gasteiger partial charge in [0.1, 0.15) is 0 Å². The molecule has 94 valence electrons. The number of allylic oxidation sites excluding steroid dienone is 7. The van der Waals surface area contributed by atoms with Crippen molar-refractivity contribution < 1.29 is 4.74 Å². The molecule has 0 amide bonds. The van der Waals surface area contributed by atoms with Gasteiger partial charge in [-0.2, -0.15) is 0 Å². The Kier molecular flexibility index (Phi) is 3.33. The van der Waals surface area contributed by atoms with Gasteiger partial charge in [0.25, 0.3) is 0 Å². The highest BCUT2D eigenvalue weighted by Crippen LogP contribution is 2.39. The van der Waals surface area contributed by atoms with Crippen LogP contribution < -0.4 is 0 Å². The van der Waals surface area contributed by atoms with E-state index in [4.69, 9.17) is 4.74 Å². The predicted molar refractivity (Wildman–Crippen MR) is 75.1 cm³/mol. The van der Waals surface area contributed by atoms with Gasteiger partial charge >= 0.3 is 0 Å². The molecular formula is C17H20O. The van der Waals surface area contributed by atoms with E-state index >= 15 is 0 Å². The highest BCUT2D eigenvalue weighted by atomic mass is 16.5. The lowest BCUT2D eigenvalue weighted by molar-refractivity contribution is -0.0385. The first-order valence-corrected chi connectivity index (χ1v) is 6.83. The molecule has 0 radical (unpaired) electrons. The minimum atomic E-state index is 0.274. The van der Waals surface area contributed by atoms with Crippen LogP contribution >= 0.6 is 0 Å². The first kappa shape index (κ1) is 11.7. The fourth-order valence-corrected chi connectivity index (χ4v) is 3.25. The van der Waals surface area contributed by atoms with Crippen molar-refractivity contribution in [2.45, 2.75) is 18.9 Å². The summed E-state index contributed by atoms with van der Waals surface area (Å²) in [6.45, 7) is 4.73. The molecule has 3 aliphatic rings. The summed E-state index contributed by atoms with van der Waals surface area (Å²) >= 11 is 0. The van der Waals surface area contributed by atoms with E-state index < -0.39 is 0 Å². The van der Waals surface area contributed by atoms with Crippen molar-refractivity contribution in [3.8, 4) is 0 Å². The van der Waals surface area contributed by atoms with Gasteiger partial charge < -0.3 is 4.74 Å². The van der Waals surface area contributed by atoms with Crippen molar-refractivity contribution in [3.05, 3.63) is 60.8 Å². The van der Waals surface area contributed by atoms with E-state index in [1.165, 1.54) is 5.57 Å². The van der Waals surface area contributed by atoms with Crippen molar-refractivity contribution in [1.29, 1.82) is 0 Å². The normalized spacial score (nSPS) is 37.4. The second-order valence-corrected chi connectivity index (χ2v) is 5.35. The summed E-state index contributed by atoms with van der Waals surface area (Å²) in [5.74, 6) is 1.74. The summed E-state index contributed by atoms with van der Waals surface area (Å²) in [4.78, 5) is 0. The van der Waals surface area contributed by atoms with Crippen LogP contribution in [0.3, 0.4) is 0 Å². The topological polar surface area (TPSA) is 9.23 Å². The van der Waals surface area contributed by atoms with E-state index in [0.717, 1.165) is 19.4 Å². The van der Waals surface area contributed by atoms with Crippen LogP contribution in [0.2, 0.25) is 0 Å². The van der Waals surface area contributed by atoms with Gasteiger partial charge in [0.05, 0.1) is 12.7 Å². The second kappa shape index (κ2) is 5.11. The third-order valence-electron chi connectivity index (χ3n) is 4.17. The fraction of sp³-hybridized carbons (Fsp3) is 0.412. The minimum Gasteiger partial charge on any atom is -0.373 e. The zero-order valence-corrected chi connectivity index (χ0v) is 10.7. The van der Waals surface area contributed by atoms with Gasteiger partial charge in [0.15, 0.2) is 0 Å². The summed E-state index contributed by atoms with van der Waals surface area (Å²) in [6, 6.07) is 0. The molecule has 0 saturated carbocycles. The third-order valence-corrected chi connectivity index (χ3v) is 4.17. The Hall–Kier alpha value is -1.34. The highest BCUT2D eigenvalue weighted by Gasteiger charge is 2.37. The number of hydrogen-bond donors (Lipinski definition) is 0. The maximum atomic E-state index is 5.98. The van der Waals surface area contributed by atoms with E-state index in [2.05, 4.69) is 49.1 Å². The van der Waals surface area contributed by atoms with Gasteiger partial charge in [-0.1, -0.05) is 48.6 Å². The molecule has 1 saturated heterocycles. The molecule has 0 aromatic rings. The molecule has 0 aromatic carbocycles. The molecule has 1 fully saturated rings. The number of fused-ring (bicyclic) bond motifs is 3. The van der Waals surface area contributed by atoms with E-state index in [-0.39, 0.29) is 6.10 Å². The van der Waals surface area contributed by atoms with Gasteiger partial charge in [-0.05, 0) is 30.3 Å². The maximum absolute atomic E-state index is 5.98. The summed E-state index contributed by atoms with van der Waals surface area (Å²) in [6.07, 6.45) is 20.1. The largest absolute Gasteiger partial charge is 0.373 e. The number of ether oxygens (including phenoxy) is 1. The Labute approximate surface area is 109 Å². The third kappa shape index (κ3) is 2.15. The lowest BCUT2D eigenvalue weighted by Crippen LogP contribution is -2.40. The molecule has 4 unspecified atom stereocenters. The SMILES string of the molecule is C=CCC1=CC2C(CC=C1)COC1C=CC=CC12. The van der Waals surface area contributed by atoms with Gasteiger partial charge in [-0.25, -0.2) is 0 Å². The summed E-state index contributed by atoms with van der Waals surface area (Å²) in [5.41, 5.74) is 1.40. The molecule has 1 nitrogen and oxygen atoms in total. The molecule has 1 heterocycles. The zero-order valence-electron chi connectivity index (χ0n) is 10.7. The number of hydrogen-bond acceptors (Lipinski definition) is 1. The van der Waals surface area contributed by atoms with Crippen LogP contribution in [-0.2, 0) is 4.74 Å². The highest BCUT2D eigenvalue weighted by molar-refractivity contribution is 5.28. The Morgan fingerprint density at radius 1 is 1.28 bits per heavy atom. The molecular weight excluding hydrogens is 220 g/mol.